The van der Waals surface area contributed by atoms with Crippen molar-refractivity contribution in [2.24, 2.45) is 0 Å². The molecule has 1 unspecified atom stereocenters. The molecule has 5 heteroatoms. The van der Waals surface area contributed by atoms with E-state index < -0.39 is 10.0 Å². The van der Waals surface area contributed by atoms with Gasteiger partial charge in [-0.05, 0) is 13.3 Å². The summed E-state index contributed by atoms with van der Waals surface area (Å²) in [5.74, 6) is 0.213. The highest BCUT2D eigenvalue weighted by molar-refractivity contribution is 9.09. The van der Waals surface area contributed by atoms with Gasteiger partial charge in [0.15, 0.2) is 0 Å². The molecule has 0 aliphatic heterocycles. The first kappa shape index (κ1) is 11.4. The van der Waals surface area contributed by atoms with Crippen LogP contribution in [0, 0.1) is 0 Å². The SMILES string of the molecule is CCCS(=O)(=O)NC(C)CBr. The molecule has 0 amide bonds. The summed E-state index contributed by atoms with van der Waals surface area (Å²) in [5, 5.41) is 0.649. The van der Waals surface area contributed by atoms with Crippen LogP contribution in [0.5, 0.6) is 0 Å². The Hall–Kier alpha value is 0.390. The van der Waals surface area contributed by atoms with Crippen LogP contribution < -0.4 is 4.72 Å². The molecule has 3 nitrogen and oxygen atoms in total. The molecule has 11 heavy (non-hydrogen) atoms. The molecule has 0 aromatic heterocycles. The third-order valence-electron chi connectivity index (χ3n) is 1.09. The smallest absolute Gasteiger partial charge is 0.211 e. The van der Waals surface area contributed by atoms with Gasteiger partial charge in [-0.2, -0.15) is 0 Å². The van der Waals surface area contributed by atoms with Crippen LogP contribution in [0.15, 0.2) is 0 Å². The molecule has 0 aliphatic rings. The number of nitrogens with one attached hydrogen (secondary N) is 1. The van der Waals surface area contributed by atoms with Crippen LogP contribution in [-0.2, 0) is 10.0 Å². The molecule has 1 atom stereocenters. The van der Waals surface area contributed by atoms with Crippen molar-refractivity contribution in [3.05, 3.63) is 0 Å². The van der Waals surface area contributed by atoms with Gasteiger partial charge < -0.3 is 0 Å². The second-order valence-electron chi connectivity index (χ2n) is 2.49. The van der Waals surface area contributed by atoms with Crippen molar-refractivity contribution >= 4 is 26.0 Å². The fraction of sp³-hybridized carbons (Fsp3) is 1.00. The monoisotopic (exact) mass is 243 g/mol. The van der Waals surface area contributed by atoms with Gasteiger partial charge in [-0.25, -0.2) is 13.1 Å². The van der Waals surface area contributed by atoms with Gasteiger partial charge in [0.2, 0.25) is 10.0 Å². The van der Waals surface area contributed by atoms with Crippen molar-refractivity contribution in [2.45, 2.75) is 26.3 Å². The van der Waals surface area contributed by atoms with Crippen molar-refractivity contribution in [1.29, 1.82) is 0 Å². The van der Waals surface area contributed by atoms with E-state index in [0.29, 0.717) is 11.8 Å². The summed E-state index contributed by atoms with van der Waals surface area (Å²) in [6, 6.07) is -0.0217. The lowest BCUT2D eigenvalue weighted by atomic mass is 10.4. The lowest BCUT2D eigenvalue weighted by Gasteiger charge is -2.09. The third kappa shape index (κ3) is 5.64. The van der Waals surface area contributed by atoms with Crippen LogP contribution in [0.25, 0.3) is 0 Å². The van der Waals surface area contributed by atoms with Gasteiger partial charge in [-0.15, -0.1) is 0 Å². The van der Waals surface area contributed by atoms with Crippen LogP contribution in [0.2, 0.25) is 0 Å². The van der Waals surface area contributed by atoms with Gasteiger partial charge in [0.25, 0.3) is 0 Å². The van der Waals surface area contributed by atoms with Crippen LogP contribution in [0.3, 0.4) is 0 Å². The van der Waals surface area contributed by atoms with Crippen molar-refractivity contribution in [3.63, 3.8) is 0 Å². The van der Waals surface area contributed by atoms with E-state index in [-0.39, 0.29) is 11.8 Å². The highest BCUT2D eigenvalue weighted by Crippen LogP contribution is 1.94. The average Bonchev–Trinajstić information content (AvgIpc) is 1.86. The summed E-state index contributed by atoms with van der Waals surface area (Å²) in [7, 11) is -3.02. The predicted octanol–water partition coefficient (Wildman–Crippen LogP) is 1.10. The van der Waals surface area contributed by atoms with E-state index in [1.807, 2.05) is 13.8 Å². The summed E-state index contributed by atoms with van der Waals surface area (Å²) >= 11 is 3.19. The number of sulfonamides is 1. The fourth-order valence-corrected chi connectivity index (χ4v) is 2.39. The van der Waals surface area contributed by atoms with Crippen LogP contribution in [0.4, 0.5) is 0 Å². The number of hydrogen-bond acceptors (Lipinski definition) is 2. The highest BCUT2D eigenvalue weighted by atomic mass is 79.9. The topological polar surface area (TPSA) is 46.2 Å². The lowest BCUT2D eigenvalue weighted by Crippen LogP contribution is -2.35. The summed E-state index contributed by atoms with van der Waals surface area (Å²) in [6.07, 6.45) is 0.657. The summed E-state index contributed by atoms with van der Waals surface area (Å²) in [6.45, 7) is 3.67. The molecule has 68 valence electrons. The van der Waals surface area contributed by atoms with Crippen molar-refractivity contribution in [3.8, 4) is 0 Å². The zero-order valence-corrected chi connectivity index (χ0v) is 9.20. The largest absolute Gasteiger partial charge is 0.212 e. The Morgan fingerprint density at radius 3 is 2.45 bits per heavy atom. The lowest BCUT2D eigenvalue weighted by molar-refractivity contribution is 0.570. The fourth-order valence-electron chi connectivity index (χ4n) is 0.666. The molecule has 0 aromatic carbocycles. The van der Waals surface area contributed by atoms with Gasteiger partial charge in [0.05, 0.1) is 5.75 Å². The van der Waals surface area contributed by atoms with Crippen molar-refractivity contribution < 1.29 is 8.42 Å². The highest BCUT2D eigenvalue weighted by Gasteiger charge is 2.11. The van der Waals surface area contributed by atoms with Gasteiger partial charge in [-0.3, -0.25) is 0 Å². The van der Waals surface area contributed by atoms with E-state index in [9.17, 15) is 8.42 Å². The maximum atomic E-state index is 11.1. The minimum absolute atomic E-state index is 0.0217. The van der Waals surface area contributed by atoms with E-state index in [4.69, 9.17) is 0 Å². The van der Waals surface area contributed by atoms with Gasteiger partial charge in [-0.1, -0.05) is 22.9 Å². The minimum atomic E-state index is -3.02. The van der Waals surface area contributed by atoms with Gasteiger partial charge in [0.1, 0.15) is 0 Å². The molecule has 0 aliphatic carbocycles. The average molecular weight is 244 g/mol. The Morgan fingerprint density at radius 2 is 2.09 bits per heavy atom. The maximum absolute atomic E-state index is 11.1. The Bertz CT molecular complexity index is 191. The maximum Gasteiger partial charge on any atom is 0.211 e. The van der Waals surface area contributed by atoms with E-state index in [1.54, 1.807) is 0 Å². The first-order valence-electron chi connectivity index (χ1n) is 3.57. The van der Waals surface area contributed by atoms with Crippen LogP contribution in [0.1, 0.15) is 20.3 Å². The van der Waals surface area contributed by atoms with Gasteiger partial charge in [0, 0.05) is 11.4 Å². The quantitative estimate of drug-likeness (QED) is 0.736. The normalized spacial score (nSPS) is 14.8. The molecular weight excluding hydrogens is 230 g/mol. The summed E-state index contributed by atoms with van der Waals surface area (Å²) in [5.41, 5.74) is 0. The molecule has 0 rings (SSSR count). The first-order valence-corrected chi connectivity index (χ1v) is 6.35. The zero-order chi connectivity index (χ0) is 8.91. The Kier molecular flexibility index (Phi) is 5.29. The van der Waals surface area contributed by atoms with Crippen LogP contribution in [-0.4, -0.2) is 25.5 Å². The Labute approximate surface area is 76.7 Å². The molecular formula is C6H14BrNO2S. The van der Waals surface area contributed by atoms with Crippen molar-refractivity contribution in [2.75, 3.05) is 11.1 Å². The van der Waals surface area contributed by atoms with E-state index in [2.05, 4.69) is 20.7 Å². The standard InChI is InChI=1S/C6H14BrNO2S/c1-3-4-11(9,10)8-6(2)5-7/h6,8H,3-5H2,1-2H3. The van der Waals surface area contributed by atoms with E-state index in [1.165, 1.54) is 0 Å². The van der Waals surface area contributed by atoms with E-state index >= 15 is 0 Å². The molecule has 0 radical (unpaired) electrons. The van der Waals surface area contributed by atoms with Crippen molar-refractivity contribution in [1.82, 2.24) is 4.72 Å². The second-order valence-corrected chi connectivity index (χ2v) is 5.01. The third-order valence-corrected chi connectivity index (χ3v) is 3.76. The first-order chi connectivity index (χ1) is 5.02. The number of alkyl halides is 1. The second kappa shape index (κ2) is 5.11. The summed E-state index contributed by atoms with van der Waals surface area (Å²) in [4.78, 5) is 0. The number of rotatable bonds is 5. The molecule has 0 spiro atoms. The molecule has 0 saturated heterocycles. The molecule has 0 bridgehead atoms. The number of hydrogen-bond donors (Lipinski definition) is 1. The van der Waals surface area contributed by atoms with Crippen LogP contribution >= 0.6 is 15.9 Å². The molecule has 0 fully saturated rings. The predicted molar refractivity (Wildman–Crippen MR) is 50.5 cm³/mol. The summed E-state index contributed by atoms with van der Waals surface area (Å²) < 4.78 is 24.7. The molecule has 0 aromatic rings. The van der Waals surface area contributed by atoms with Gasteiger partial charge >= 0.3 is 0 Å². The minimum Gasteiger partial charge on any atom is -0.212 e. The Morgan fingerprint density at radius 1 is 1.55 bits per heavy atom. The number of halogens is 1. The molecule has 0 saturated carbocycles. The van der Waals surface area contributed by atoms with E-state index in [0.717, 1.165) is 0 Å². The zero-order valence-electron chi connectivity index (χ0n) is 6.80. The molecule has 1 N–H and O–H groups in total. The Balaban J connectivity index is 3.92. The molecule has 0 heterocycles.